The number of hydrogen-bond acceptors (Lipinski definition) is 2. The van der Waals surface area contributed by atoms with Crippen molar-refractivity contribution in [2.75, 3.05) is 6.54 Å². The molecule has 2 atom stereocenters. The normalized spacial score (nSPS) is 21.6. The van der Waals surface area contributed by atoms with E-state index in [1.54, 1.807) is 0 Å². The lowest BCUT2D eigenvalue weighted by Crippen LogP contribution is -2.41. The molecule has 1 saturated heterocycles. The smallest absolute Gasteiger partial charge is 0.303 e. The molecule has 1 fully saturated rings. The zero-order valence-corrected chi connectivity index (χ0v) is 13.5. The van der Waals surface area contributed by atoms with Crippen LogP contribution in [0.4, 0.5) is 0 Å². The fourth-order valence-electron chi connectivity index (χ4n) is 3.13. The average Bonchev–Trinajstić information content (AvgIpc) is 2.45. The van der Waals surface area contributed by atoms with Gasteiger partial charge in [0.25, 0.3) is 0 Å². The van der Waals surface area contributed by atoms with Gasteiger partial charge in [0.1, 0.15) is 0 Å². The maximum atomic E-state index is 10.8. The lowest BCUT2D eigenvalue weighted by Gasteiger charge is -2.40. The van der Waals surface area contributed by atoms with E-state index in [0.717, 1.165) is 23.9 Å². The van der Waals surface area contributed by atoms with Crippen LogP contribution in [0.3, 0.4) is 0 Å². The Balaban J connectivity index is 2.10. The van der Waals surface area contributed by atoms with Gasteiger partial charge in [0.2, 0.25) is 0 Å². The molecule has 0 aliphatic carbocycles. The number of likely N-dealkylation sites (tertiary alicyclic amines) is 1. The molecule has 0 amide bonds. The number of carboxylic acids is 1. The number of benzene rings is 1. The molecule has 1 heterocycles. The standard InChI is InChI=1S/C16H22BrNO2/c1-12(14-7-2-3-8-15(14)17)18-11-5-4-6-13(18)9-10-16(19)20/h2-3,7-8,12-13H,4-6,9-11H2,1H3,(H,19,20). The number of halogens is 1. The molecule has 20 heavy (non-hydrogen) atoms. The van der Waals surface area contributed by atoms with E-state index >= 15 is 0 Å². The summed E-state index contributed by atoms with van der Waals surface area (Å²) in [4.78, 5) is 13.3. The molecule has 3 nitrogen and oxygen atoms in total. The fourth-order valence-corrected chi connectivity index (χ4v) is 3.74. The first-order chi connectivity index (χ1) is 9.59. The number of carboxylic acid groups (broad SMARTS) is 1. The molecule has 0 aromatic heterocycles. The van der Waals surface area contributed by atoms with E-state index in [9.17, 15) is 4.79 Å². The van der Waals surface area contributed by atoms with Crippen LogP contribution in [0, 0.1) is 0 Å². The second-order valence-corrected chi connectivity index (χ2v) is 6.37. The molecule has 2 unspecified atom stereocenters. The van der Waals surface area contributed by atoms with Crippen molar-refractivity contribution in [2.45, 2.75) is 51.1 Å². The van der Waals surface area contributed by atoms with Crippen LogP contribution >= 0.6 is 15.9 Å². The molecular formula is C16H22BrNO2. The van der Waals surface area contributed by atoms with Crippen LogP contribution in [-0.4, -0.2) is 28.6 Å². The highest BCUT2D eigenvalue weighted by atomic mass is 79.9. The van der Waals surface area contributed by atoms with Crippen LogP contribution in [0.2, 0.25) is 0 Å². The summed E-state index contributed by atoms with van der Waals surface area (Å²) in [5.41, 5.74) is 1.29. The number of piperidine rings is 1. The minimum absolute atomic E-state index is 0.268. The van der Waals surface area contributed by atoms with E-state index in [4.69, 9.17) is 5.11 Å². The molecular weight excluding hydrogens is 318 g/mol. The fraction of sp³-hybridized carbons (Fsp3) is 0.562. The summed E-state index contributed by atoms with van der Waals surface area (Å²) >= 11 is 3.62. The maximum Gasteiger partial charge on any atom is 0.303 e. The van der Waals surface area contributed by atoms with Crippen molar-refractivity contribution in [2.24, 2.45) is 0 Å². The summed E-state index contributed by atoms with van der Waals surface area (Å²) in [5.74, 6) is -0.691. The molecule has 1 aliphatic heterocycles. The highest BCUT2D eigenvalue weighted by Gasteiger charge is 2.28. The Hall–Kier alpha value is -0.870. The summed E-state index contributed by atoms with van der Waals surface area (Å²) in [6, 6.07) is 9.02. The Bertz CT molecular complexity index is 464. The first-order valence-electron chi connectivity index (χ1n) is 7.31. The molecule has 1 aromatic carbocycles. The van der Waals surface area contributed by atoms with Crippen LogP contribution in [-0.2, 0) is 4.79 Å². The first-order valence-corrected chi connectivity index (χ1v) is 8.11. The van der Waals surface area contributed by atoms with Gasteiger partial charge in [0.05, 0.1) is 0 Å². The SMILES string of the molecule is CC(c1ccccc1Br)N1CCCCC1CCC(=O)O. The van der Waals surface area contributed by atoms with Gasteiger partial charge in [-0.05, 0) is 44.4 Å². The molecule has 1 N–H and O–H groups in total. The third kappa shape index (κ3) is 3.83. The minimum Gasteiger partial charge on any atom is -0.481 e. The molecule has 4 heteroatoms. The lowest BCUT2D eigenvalue weighted by molar-refractivity contribution is -0.137. The Morgan fingerprint density at radius 3 is 2.90 bits per heavy atom. The van der Waals surface area contributed by atoms with Crippen molar-refractivity contribution in [3.63, 3.8) is 0 Å². The Kier molecular flexibility index (Phi) is 5.61. The van der Waals surface area contributed by atoms with Crippen LogP contribution in [0.15, 0.2) is 28.7 Å². The molecule has 0 radical (unpaired) electrons. The number of carbonyl (C=O) groups is 1. The average molecular weight is 340 g/mol. The monoisotopic (exact) mass is 339 g/mol. The molecule has 1 aliphatic rings. The van der Waals surface area contributed by atoms with Crippen molar-refractivity contribution < 1.29 is 9.90 Å². The second kappa shape index (κ2) is 7.23. The van der Waals surface area contributed by atoms with E-state index in [1.165, 1.54) is 18.4 Å². The number of nitrogens with zero attached hydrogens (tertiary/aromatic N) is 1. The predicted molar refractivity (Wildman–Crippen MR) is 83.8 cm³/mol. The summed E-state index contributed by atoms with van der Waals surface area (Å²) in [7, 11) is 0. The van der Waals surface area contributed by atoms with Gasteiger partial charge in [0.15, 0.2) is 0 Å². The van der Waals surface area contributed by atoms with E-state index < -0.39 is 5.97 Å². The Morgan fingerprint density at radius 2 is 2.20 bits per heavy atom. The van der Waals surface area contributed by atoms with Gasteiger partial charge in [-0.25, -0.2) is 0 Å². The molecule has 0 bridgehead atoms. The van der Waals surface area contributed by atoms with Crippen molar-refractivity contribution in [1.82, 2.24) is 4.90 Å². The Morgan fingerprint density at radius 1 is 1.45 bits per heavy atom. The molecule has 0 saturated carbocycles. The van der Waals surface area contributed by atoms with Gasteiger partial charge in [-0.1, -0.05) is 40.5 Å². The van der Waals surface area contributed by atoms with Gasteiger partial charge in [-0.3, -0.25) is 9.69 Å². The van der Waals surface area contributed by atoms with Crippen LogP contribution in [0.1, 0.15) is 50.6 Å². The van der Waals surface area contributed by atoms with Crippen LogP contribution in [0.5, 0.6) is 0 Å². The molecule has 110 valence electrons. The quantitative estimate of drug-likeness (QED) is 0.872. The topological polar surface area (TPSA) is 40.5 Å². The Labute approximate surface area is 129 Å². The van der Waals surface area contributed by atoms with Crippen LogP contribution < -0.4 is 0 Å². The molecule has 1 aromatic rings. The van der Waals surface area contributed by atoms with Crippen molar-refractivity contribution in [3.8, 4) is 0 Å². The van der Waals surface area contributed by atoms with E-state index in [0.29, 0.717) is 12.1 Å². The number of rotatable bonds is 5. The zero-order valence-electron chi connectivity index (χ0n) is 11.9. The summed E-state index contributed by atoms with van der Waals surface area (Å²) < 4.78 is 1.13. The summed E-state index contributed by atoms with van der Waals surface area (Å²) in [5, 5.41) is 8.90. The van der Waals surface area contributed by atoms with Gasteiger partial charge in [-0.15, -0.1) is 0 Å². The van der Waals surface area contributed by atoms with Gasteiger partial charge >= 0.3 is 5.97 Å². The van der Waals surface area contributed by atoms with E-state index in [1.807, 2.05) is 6.07 Å². The van der Waals surface area contributed by atoms with E-state index in [-0.39, 0.29) is 6.42 Å². The highest BCUT2D eigenvalue weighted by Crippen LogP contribution is 2.33. The third-order valence-electron chi connectivity index (χ3n) is 4.22. The summed E-state index contributed by atoms with van der Waals surface area (Å²) in [6.07, 6.45) is 4.55. The van der Waals surface area contributed by atoms with Crippen molar-refractivity contribution >= 4 is 21.9 Å². The maximum absolute atomic E-state index is 10.8. The molecule has 0 spiro atoms. The molecule has 2 rings (SSSR count). The number of aliphatic carboxylic acids is 1. The van der Waals surface area contributed by atoms with Gasteiger partial charge in [-0.2, -0.15) is 0 Å². The lowest BCUT2D eigenvalue weighted by atomic mass is 9.94. The van der Waals surface area contributed by atoms with Crippen molar-refractivity contribution in [3.05, 3.63) is 34.3 Å². The van der Waals surface area contributed by atoms with E-state index in [2.05, 4.69) is 46.0 Å². The minimum atomic E-state index is -0.691. The second-order valence-electron chi connectivity index (χ2n) is 5.52. The zero-order chi connectivity index (χ0) is 14.5. The van der Waals surface area contributed by atoms with Gasteiger partial charge in [0, 0.05) is 23.0 Å². The predicted octanol–water partition coefficient (Wildman–Crippen LogP) is 4.23. The summed E-state index contributed by atoms with van der Waals surface area (Å²) in [6.45, 7) is 3.28. The third-order valence-corrected chi connectivity index (χ3v) is 4.94. The van der Waals surface area contributed by atoms with Crippen molar-refractivity contribution in [1.29, 1.82) is 0 Å². The first kappa shape index (κ1) is 15.5. The highest BCUT2D eigenvalue weighted by molar-refractivity contribution is 9.10. The van der Waals surface area contributed by atoms with Gasteiger partial charge < -0.3 is 5.11 Å². The van der Waals surface area contributed by atoms with Crippen LogP contribution in [0.25, 0.3) is 0 Å². The number of hydrogen-bond donors (Lipinski definition) is 1. The largest absolute Gasteiger partial charge is 0.481 e.